The highest BCUT2D eigenvalue weighted by atomic mass is 19.1. The van der Waals surface area contributed by atoms with Gasteiger partial charge in [-0.2, -0.15) is 0 Å². The second-order valence-electron chi connectivity index (χ2n) is 7.89. The number of benzene rings is 3. The summed E-state index contributed by atoms with van der Waals surface area (Å²) in [5, 5.41) is 0.389. The first-order valence-electron chi connectivity index (χ1n) is 10.9. The lowest BCUT2D eigenvalue weighted by molar-refractivity contribution is -0.142. The number of carbonyl (C=O) groups is 1. The molecule has 33 heavy (non-hydrogen) atoms. The number of furan rings is 1. The molecule has 0 saturated carbocycles. The van der Waals surface area contributed by atoms with E-state index in [9.17, 15) is 9.18 Å². The van der Waals surface area contributed by atoms with Gasteiger partial charge in [-0.05, 0) is 60.4 Å². The van der Waals surface area contributed by atoms with Gasteiger partial charge in [-0.15, -0.1) is 0 Å². The van der Waals surface area contributed by atoms with Gasteiger partial charge in [0.1, 0.15) is 24.2 Å². The monoisotopic (exact) mass is 447 g/mol. The maximum atomic E-state index is 14.5. The molecule has 1 aromatic heterocycles. The lowest BCUT2D eigenvalue weighted by atomic mass is 9.99. The molecule has 4 rings (SSSR count). The van der Waals surface area contributed by atoms with Crippen molar-refractivity contribution in [2.24, 2.45) is 5.73 Å². The van der Waals surface area contributed by atoms with Crippen LogP contribution in [0.15, 0.2) is 65.3 Å². The Hall–Kier alpha value is -3.64. The van der Waals surface area contributed by atoms with Crippen molar-refractivity contribution in [3.05, 3.63) is 88.9 Å². The molecule has 0 spiro atoms. The molecule has 1 heterocycles. The van der Waals surface area contributed by atoms with Crippen LogP contribution in [-0.4, -0.2) is 12.6 Å². The largest absolute Gasteiger partial charge is 0.489 e. The number of ether oxygens (including phenoxy) is 2. The molecule has 2 N–H and O–H groups in total. The summed E-state index contributed by atoms with van der Waals surface area (Å²) in [6, 6.07) is 17.1. The first-order valence-corrected chi connectivity index (χ1v) is 10.9. The molecule has 0 radical (unpaired) electrons. The van der Waals surface area contributed by atoms with Gasteiger partial charge >= 0.3 is 5.97 Å². The van der Waals surface area contributed by atoms with Gasteiger partial charge in [0.2, 0.25) is 0 Å². The van der Waals surface area contributed by atoms with E-state index in [1.165, 1.54) is 0 Å². The summed E-state index contributed by atoms with van der Waals surface area (Å²) in [6.45, 7) is 4.66. The Bertz CT molecular complexity index is 1290. The molecule has 3 aromatic carbocycles. The zero-order chi connectivity index (χ0) is 23.4. The van der Waals surface area contributed by atoms with Crippen molar-refractivity contribution in [1.82, 2.24) is 0 Å². The normalized spacial score (nSPS) is 11.0. The molecule has 0 fully saturated rings. The molecule has 0 bridgehead atoms. The lowest BCUT2D eigenvalue weighted by Gasteiger charge is -2.14. The van der Waals surface area contributed by atoms with E-state index >= 15 is 0 Å². The SMILES string of the molecule is CCOC(=O)Cc1ccc(C)cc1OCc1cc(-c2cccc(CN)c2)c2occ(F)c2c1. The first kappa shape index (κ1) is 22.6. The Morgan fingerprint density at radius 1 is 1.09 bits per heavy atom. The van der Waals surface area contributed by atoms with Crippen LogP contribution < -0.4 is 10.5 Å². The van der Waals surface area contributed by atoms with E-state index in [-0.39, 0.29) is 19.0 Å². The molecule has 0 atom stereocenters. The van der Waals surface area contributed by atoms with E-state index in [4.69, 9.17) is 19.6 Å². The van der Waals surface area contributed by atoms with Crippen LogP contribution in [0, 0.1) is 12.7 Å². The minimum atomic E-state index is -0.429. The molecule has 170 valence electrons. The smallest absolute Gasteiger partial charge is 0.310 e. The van der Waals surface area contributed by atoms with Crippen molar-refractivity contribution < 1.29 is 23.1 Å². The Labute approximate surface area is 191 Å². The molecule has 0 aliphatic carbocycles. The van der Waals surface area contributed by atoms with E-state index in [0.29, 0.717) is 29.9 Å². The van der Waals surface area contributed by atoms with Gasteiger partial charge in [-0.1, -0.05) is 30.3 Å². The lowest BCUT2D eigenvalue weighted by Crippen LogP contribution is -2.09. The molecule has 0 amide bonds. The highest BCUT2D eigenvalue weighted by Gasteiger charge is 2.16. The highest BCUT2D eigenvalue weighted by Crippen LogP contribution is 2.34. The van der Waals surface area contributed by atoms with E-state index in [2.05, 4.69) is 0 Å². The molecular weight excluding hydrogens is 421 g/mol. The number of fused-ring (bicyclic) bond motifs is 1. The molecule has 0 aliphatic heterocycles. The Balaban J connectivity index is 1.67. The third-order valence-electron chi connectivity index (χ3n) is 5.42. The first-order chi connectivity index (χ1) is 16.0. The van der Waals surface area contributed by atoms with Gasteiger partial charge in [-0.25, -0.2) is 4.39 Å². The second-order valence-corrected chi connectivity index (χ2v) is 7.89. The Kier molecular flexibility index (Phi) is 6.75. The van der Waals surface area contributed by atoms with Crippen LogP contribution in [0.1, 0.15) is 29.2 Å². The third kappa shape index (κ3) is 5.07. The number of hydrogen-bond donors (Lipinski definition) is 1. The maximum absolute atomic E-state index is 14.5. The third-order valence-corrected chi connectivity index (χ3v) is 5.42. The molecule has 6 heteroatoms. The number of esters is 1. The van der Waals surface area contributed by atoms with Crippen LogP contribution in [0.5, 0.6) is 5.75 Å². The van der Waals surface area contributed by atoms with Crippen molar-refractivity contribution in [2.75, 3.05) is 6.61 Å². The number of nitrogens with two attached hydrogens (primary N) is 1. The Morgan fingerprint density at radius 2 is 1.94 bits per heavy atom. The molecular formula is C27H26FNO4. The van der Waals surface area contributed by atoms with Crippen LogP contribution >= 0.6 is 0 Å². The van der Waals surface area contributed by atoms with Gasteiger partial charge in [-0.3, -0.25) is 4.79 Å². The van der Waals surface area contributed by atoms with Gasteiger partial charge in [0, 0.05) is 17.7 Å². The number of rotatable bonds is 8. The van der Waals surface area contributed by atoms with Crippen molar-refractivity contribution >= 4 is 16.9 Å². The fourth-order valence-corrected chi connectivity index (χ4v) is 3.80. The summed E-state index contributed by atoms with van der Waals surface area (Å²) in [5.41, 5.74) is 11.4. The summed E-state index contributed by atoms with van der Waals surface area (Å²) in [7, 11) is 0. The summed E-state index contributed by atoms with van der Waals surface area (Å²) >= 11 is 0. The summed E-state index contributed by atoms with van der Waals surface area (Å²) in [5.74, 6) is -0.140. The van der Waals surface area contributed by atoms with Gasteiger partial charge in [0.25, 0.3) is 0 Å². The fourth-order valence-electron chi connectivity index (χ4n) is 3.80. The van der Waals surface area contributed by atoms with E-state index in [1.807, 2.05) is 55.5 Å². The molecule has 4 aromatic rings. The van der Waals surface area contributed by atoms with Crippen LogP contribution in [-0.2, 0) is 29.1 Å². The average Bonchev–Trinajstić information content (AvgIpc) is 3.19. The number of hydrogen-bond acceptors (Lipinski definition) is 5. The van der Waals surface area contributed by atoms with Crippen molar-refractivity contribution in [2.45, 2.75) is 33.4 Å². The zero-order valence-corrected chi connectivity index (χ0v) is 18.7. The molecule has 0 saturated heterocycles. The van der Waals surface area contributed by atoms with Crippen LogP contribution in [0.4, 0.5) is 4.39 Å². The number of carbonyl (C=O) groups excluding carboxylic acids is 1. The molecule has 0 aliphatic rings. The van der Waals surface area contributed by atoms with Crippen molar-refractivity contribution in [3.8, 4) is 16.9 Å². The predicted molar refractivity (Wildman–Crippen MR) is 125 cm³/mol. The number of halogens is 1. The van der Waals surface area contributed by atoms with Gasteiger partial charge in [0.05, 0.1) is 18.4 Å². The second kappa shape index (κ2) is 9.88. The van der Waals surface area contributed by atoms with Gasteiger partial charge < -0.3 is 19.6 Å². The van der Waals surface area contributed by atoms with E-state index in [1.54, 1.807) is 13.0 Å². The zero-order valence-electron chi connectivity index (χ0n) is 18.7. The molecule has 0 unspecified atom stereocenters. The topological polar surface area (TPSA) is 74.7 Å². The molecule has 5 nitrogen and oxygen atoms in total. The summed E-state index contributed by atoms with van der Waals surface area (Å²) < 4.78 is 31.2. The fraction of sp³-hybridized carbons (Fsp3) is 0.222. The quantitative estimate of drug-likeness (QED) is 0.351. The Morgan fingerprint density at radius 3 is 2.73 bits per heavy atom. The van der Waals surface area contributed by atoms with Crippen molar-refractivity contribution in [1.29, 1.82) is 0 Å². The minimum absolute atomic E-state index is 0.121. The van der Waals surface area contributed by atoms with Crippen molar-refractivity contribution in [3.63, 3.8) is 0 Å². The highest BCUT2D eigenvalue weighted by molar-refractivity contribution is 5.93. The number of aryl methyl sites for hydroxylation is 1. The van der Waals surface area contributed by atoms with Crippen LogP contribution in [0.2, 0.25) is 0 Å². The van der Waals surface area contributed by atoms with Crippen LogP contribution in [0.25, 0.3) is 22.1 Å². The standard InChI is InChI=1S/C27H26FNO4/c1-3-31-26(30)13-21-8-7-17(2)9-25(21)32-15-19-11-22(20-6-4-5-18(10-20)14-29)27-23(12-19)24(28)16-33-27/h4-12,16H,3,13-15,29H2,1-2H3. The van der Waals surface area contributed by atoms with Crippen LogP contribution in [0.3, 0.4) is 0 Å². The summed E-state index contributed by atoms with van der Waals surface area (Å²) in [6.07, 6.45) is 1.24. The van der Waals surface area contributed by atoms with E-state index < -0.39 is 5.82 Å². The summed E-state index contributed by atoms with van der Waals surface area (Å²) in [4.78, 5) is 12.0. The minimum Gasteiger partial charge on any atom is -0.489 e. The van der Waals surface area contributed by atoms with Gasteiger partial charge in [0.15, 0.2) is 5.82 Å². The van der Waals surface area contributed by atoms with E-state index in [0.717, 1.165) is 39.6 Å². The average molecular weight is 448 g/mol. The maximum Gasteiger partial charge on any atom is 0.310 e. The predicted octanol–water partition coefficient (Wildman–Crippen LogP) is 5.69.